The Morgan fingerprint density at radius 1 is 0.931 bits per heavy atom. The molecule has 3 heteroatoms. The molecule has 0 radical (unpaired) electrons. The molecule has 3 nitrogen and oxygen atoms in total. The van der Waals surface area contributed by atoms with Crippen LogP contribution in [0.4, 0.5) is 0 Å². The summed E-state index contributed by atoms with van der Waals surface area (Å²) in [6.07, 6.45) is 0.798. The summed E-state index contributed by atoms with van der Waals surface area (Å²) in [4.78, 5) is 11.4. The van der Waals surface area contributed by atoms with Crippen LogP contribution in [0, 0.1) is 19.8 Å². The molecule has 0 bridgehead atoms. The van der Waals surface area contributed by atoms with E-state index in [-0.39, 0.29) is 6.10 Å². The monoisotopic (exact) mass is 387 g/mol. The predicted molar refractivity (Wildman–Crippen MR) is 119 cm³/mol. The summed E-state index contributed by atoms with van der Waals surface area (Å²) in [5.74, 6) is 0.923. The van der Waals surface area contributed by atoms with Gasteiger partial charge in [0.25, 0.3) is 0 Å². The van der Waals surface area contributed by atoms with Crippen LogP contribution in [0.5, 0.6) is 5.75 Å². The maximum absolute atomic E-state index is 11.4. The van der Waals surface area contributed by atoms with Crippen LogP contribution in [0.2, 0.25) is 0 Å². The van der Waals surface area contributed by atoms with Gasteiger partial charge in [0.2, 0.25) is 5.91 Å². The van der Waals surface area contributed by atoms with Crippen LogP contribution >= 0.6 is 0 Å². The smallest absolute Gasteiger partial charge is 0.248 e. The lowest BCUT2D eigenvalue weighted by molar-refractivity contribution is 0.1000. The quantitative estimate of drug-likeness (QED) is 0.522. The highest BCUT2D eigenvalue weighted by atomic mass is 16.5. The molecular weight excluding hydrogens is 358 g/mol. The zero-order valence-electron chi connectivity index (χ0n) is 17.6. The van der Waals surface area contributed by atoms with E-state index in [1.165, 1.54) is 22.3 Å². The van der Waals surface area contributed by atoms with E-state index in [0.717, 1.165) is 17.7 Å². The second-order valence-electron chi connectivity index (χ2n) is 8.02. The molecular formula is C26H29NO2. The van der Waals surface area contributed by atoms with Crippen molar-refractivity contribution in [3.8, 4) is 16.9 Å². The van der Waals surface area contributed by atoms with Crippen LogP contribution in [0.3, 0.4) is 0 Å². The van der Waals surface area contributed by atoms with Gasteiger partial charge >= 0.3 is 0 Å². The average Bonchev–Trinajstić information content (AvgIpc) is 2.67. The Morgan fingerprint density at radius 3 is 2.03 bits per heavy atom. The van der Waals surface area contributed by atoms with Gasteiger partial charge in [0.1, 0.15) is 11.9 Å². The molecule has 1 atom stereocenters. The van der Waals surface area contributed by atoms with E-state index in [1.807, 2.05) is 18.2 Å². The molecule has 3 aromatic carbocycles. The molecule has 0 aromatic heterocycles. The number of rotatable bonds is 7. The van der Waals surface area contributed by atoms with Crippen molar-refractivity contribution in [1.82, 2.24) is 0 Å². The van der Waals surface area contributed by atoms with Gasteiger partial charge in [-0.2, -0.15) is 0 Å². The van der Waals surface area contributed by atoms with Crippen LogP contribution in [0.15, 0.2) is 66.7 Å². The van der Waals surface area contributed by atoms with Gasteiger partial charge in [0.15, 0.2) is 0 Å². The Kier molecular flexibility index (Phi) is 6.38. The Balaban J connectivity index is 1.90. The number of primary amides is 1. The first-order valence-corrected chi connectivity index (χ1v) is 10.1. The molecule has 29 heavy (non-hydrogen) atoms. The molecule has 0 saturated carbocycles. The molecule has 150 valence electrons. The number of carbonyl (C=O) groups is 1. The molecule has 0 heterocycles. The van der Waals surface area contributed by atoms with Gasteiger partial charge in [-0.25, -0.2) is 0 Å². The standard InChI is InChI=1S/C26H29NO2/c1-17(2)14-24(20-10-12-22(13-11-20)26(27)28)29-23-15-18(3)25(19(4)16-23)21-8-6-5-7-9-21/h5-13,15-17,24H,14H2,1-4H3,(H2,27,28). The number of hydrogen-bond acceptors (Lipinski definition) is 2. The second-order valence-corrected chi connectivity index (χ2v) is 8.02. The number of aryl methyl sites for hydroxylation is 2. The molecule has 1 amide bonds. The predicted octanol–water partition coefficient (Wildman–Crippen LogP) is 6.24. The average molecular weight is 388 g/mol. The Labute approximate surface area is 173 Å². The first kappa shape index (κ1) is 20.7. The summed E-state index contributed by atoms with van der Waals surface area (Å²) in [5.41, 5.74) is 11.8. The number of amides is 1. The maximum atomic E-state index is 11.4. The van der Waals surface area contributed by atoms with Crippen molar-refractivity contribution in [2.45, 2.75) is 40.2 Å². The molecule has 2 N–H and O–H groups in total. The van der Waals surface area contributed by atoms with E-state index in [0.29, 0.717) is 11.5 Å². The minimum atomic E-state index is -0.416. The van der Waals surface area contributed by atoms with Crippen molar-refractivity contribution < 1.29 is 9.53 Å². The first-order chi connectivity index (χ1) is 13.8. The third-order valence-electron chi connectivity index (χ3n) is 5.10. The highest BCUT2D eigenvalue weighted by molar-refractivity contribution is 5.92. The lowest BCUT2D eigenvalue weighted by Crippen LogP contribution is -2.13. The molecule has 3 aromatic rings. The summed E-state index contributed by atoms with van der Waals surface area (Å²) in [6.45, 7) is 8.62. The van der Waals surface area contributed by atoms with Crippen LogP contribution < -0.4 is 10.5 Å². The fourth-order valence-electron chi connectivity index (χ4n) is 3.76. The van der Waals surface area contributed by atoms with Gasteiger partial charge in [0, 0.05) is 5.56 Å². The van der Waals surface area contributed by atoms with E-state index < -0.39 is 5.91 Å². The summed E-state index contributed by atoms with van der Waals surface area (Å²) < 4.78 is 6.45. The van der Waals surface area contributed by atoms with Gasteiger partial charge in [0.05, 0.1) is 0 Å². The van der Waals surface area contributed by atoms with E-state index in [2.05, 4.69) is 64.1 Å². The summed E-state index contributed by atoms with van der Waals surface area (Å²) in [5, 5.41) is 0. The minimum Gasteiger partial charge on any atom is -0.486 e. The molecule has 0 aliphatic carbocycles. The van der Waals surface area contributed by atoms with Crippen LogP contribution in [0.25, 0.3) is 11.1 Å². The minimum absolute atomic E-state index is 0.0849. The summed E-state index contributed by atoms with van der Waals surface area (Å²) >= 11 is 0. The number of ether oxygens (including phenoxy) is 1. The Morgan fingerprint density at radius 2 is 1.52 bits per heavy atom. The van der Waals surface area contributed by atoms with Crippen molar-refractivity contribution in [3.63, 3.8) is 0 Å². The van der Waals surface area contributed by atoms with E-state index in [1.54, 1.807) is 12.1 Å². The topological polar surface area (TPSA) is 52.3 Å². The zero-order chi connectivity index (χ0) is 21.0. The van der Waals surface area contributed by atoms with E-state index in [4.69, 9.17) is 10.5 Å². The first-order valence-electron chi connectivity index (χ1n) is 10.1. The number of hydrogen-bond donors (Lipinski definition) is 1. The largest absolute Gasteiger partial charge is 0.486 e. The number of benzene rings is 3. The molecule has 0 fully saturated rings. The van der Waals surface area contributed by atoms with Gasteiger partial charge in [-0.05, 0) is 78.3 Å². The van der Waals surface area contributed by atoms with Crippen LogP contribution in [-0.4, -0.2) is 5.91 Å². The van der Waals surface area contributed by atoms with Crippen molar-refractivity contribution >= 4 is 5.91 Å². The molecule has 0 spiro atoms. The third kappa shape index (κ3) is 5.05. The van der Waals surface area contributed by atoms with Gasteiger partial charge in [-0.15, -0.1) is 0 Å². The van der Waals surface area contributed by atoms with Crippen LogP contribution in [0.1, 0.15) is 53.4 Å². The van der Waals surface area contributed by atoms with Crippen molar-refractivity contribution in [1.29, 1.82) is 0 Å². The van der Waals surface area contributed by atoms with Crippen molar-refractivity contribution in [3.05, 3.63) is 89.0 Å². The lowest BCUT2D eigenvalue weighted by Gasteiger charge is -2.23. The summed E-state index contributed by atoms with van der Waals surface area (Å²) in [7, 11) is 0. The van der Waals surface area contributed by atoms with Crippen LogP contribution in [-0.2, 0) is 0 Å². The van der Waals surface area contributed by atoms with Gasteiger partial charge in [-0.3, -0.25) is 4.79 Å². The van der Waals surface area contributed by atoms with E-state index in [9.17, 15) is 4.79 Å². The maximum Gasteiger partial charge on any atom is 0.248 e. The lowest BCUT2D eigenvalue weighted by atomic mass is 9.95. The molecule has 0 aliphatic heterocycles. The zero-order valence-corrected chi connectivity index (χ0v) is 17.6. The normalized spacial score (nSPS) is 12.0. The molecule has 3 rings (SSSR count). The SMILES string of the molecule is Cc1cc(OC(CC(C)C)c2ccc(C(N)=O)cc2)cc(C)c1-c1ccccc1. The molecule has 0 aliphatic rings. The molecule has 1 unspecified atom stereocenters. The summed E-state index contributed by atoms with van der Waals surface area (Å²) in [6, 6.07) is 22.1. The highest BCUT2D eigenvalue weighted by Crippen LogP contribution is 2.34. The van der Waals surface area contributed by atoms with Gasteiger partial charge < -0.3 is 10.5 Å². The van der Waals surface area contributed by atoms with Gasteiger partial charge in [-0.1, -0.05) is 56.3 Å². The Hall–Kier alpha value is -3.07. The van der Waals surface area contributed by atoms with E-state index >= 15 is 0 Å². The molecule has 0 saturated heterocycles. The van der Waals surface area contributed by atoms with Crippen molar-refractivity contribution in [2.24, 2.45) is 11.7 Å². The number of nitrogens with two attached hydrogens (primary N) is 1. The third-order valence-corrected chi connectivity index (χ3v) is 5.10. The fraction of sp³-hybridized carbons (Fsp3) is 0.269. The van der Waals surface area contributed by atoms with Crippen molar-refractivity contribution in [2.75, 3.05) is 0 Å². The fourth-order valence-corrected chi connectivity index (χ4v) is 3.76. The second kappa shape index (κ2) is 8.95. The number of carbonyl (C=O) groups excluding carboxylic acids is 1. The Bertz CT molecular complexity index is 952. The highest BCUT2D eigenvalue weighted by Gasteiger charge is 2.17.